The molecule has 0 aromatic heterocycles. The van der Waals surface area contributed by atoms with Gasteiger partial charge in [0, 0.05) is 0 Å². The Hall–Kier alpha value is -1.28. The summed E-state index contributed by atoms with van der Waals surface area (Å²) in [5.74, 6) is 0.797. The lowest BCUT2D eigenvalue weighted by atomic mass is 10.1. The molecule has 2 nitrogen and oxygen atoms in total. The summed E-state index contributed by atoms with van der Waals surface area (Å²) in [6, 6.07) is 7.50. The second kappa shape index (κ2) is 5.45. The van der Waals surface area contributed by atoms with Gasteiger partial charge in [0.15, 0.2) is 0 Å². The van der Waals surface area contributed by atoms with E-state index in [4.69, 9.17) is 4.74 Å². The van der Waals surface area contributed by atoms with Gasteiger partial charge in [-0.3, -0.25) is 0 Å². The lowest BCUT2D eigenvalue weighted by Crippen LogP contribution is -1.97. The van der Waals surface area contributed by atoms with Crippen LogP contribution in [-0.4, -0.2) is 11.7 Å². The average molecular weight is 192 g/mol. The van der Waals surface area contributed by atoms with Gasteiger partial charge in [-0.25, -0.2) is 0 Å². The van der Waals surface area contributed by atoms with Gasteiger partial charge in [-0.1, -0.05) is 18.2 Å². The lowest BCUT2D eigenvalue weighted by Gasteiger charge is -2.08. The highest BCUT2D eigenvalue weighted by Crippen LogP contribution is 2.18. The molecule has 0 amide bonds. The number of aliphatic hydroxyl groups is 1. The Morgan fingerprint density at radius 1 is 1.57 bits per heavy atom. The minimum absolute atomic E-state index is 0.446. The van der Waals surface area contributed by atoms with Crippen LogP contribution in [0.25, 0.3) is 0 Å². The summed E-state index contributed by atoms with van der Waals surface area (Å²) in [5, 5.41) is 9.35. The normalized spacial score (nSPS) is 12.1. The summed E-state index contributed by atoms with van der Waals surface area (Å²) in [5.41, 5.74) is 0.876. The zero-order chi connectivity index (χ0) is 10.4. The Bertz CT molecular complexity index is 292. The van der Waals surface area contributed by atoms with Gasteiger partial charge < -0.3 is 9.84 Å². The SMILES string of the molecule is C=CCCOc1cccc([C@H](C)O)c1. The first-order chi connectivity index (χ1) is 6.74. The maximum atomic E-state index is 9.35. The van der Waals surface area contributed by atoms with Crippen molar-refractivity contribution in [2.75, 3.05) is 6.61 Å². The van der Waals surface area contributed by atoms with Crippen LogP contribution in [0, 0.1) is 0 Å². The standard InChI is InChI=1S/C12H16O2/c1-3-4-8-14-12-7-5-6-11(9-12)10(2)13/h3,5-7,9-10,13H,1,4,8H2,2H3/t10-/m0/s1. The summed E-state index contributed by atoms with van der Waals surface area (Å²) in [7, 11) is 0. The highest BCUT2D eigenvalue weighted by atomic mass is 16.5. The van der Waals surface area contributed by atoms with Crippen LogP contribution in [0.4, 0.5) is 0 Å². The fourth-order valence-electron chi connectivity index (χ4n) is 1.12. The highest BCUT2D eigenvalue weighted by molar-refractivity contribution is 5.29. The molecular formula is C12H16O2. The molecule has 1 N–H and O–H groups in total. The number of benzene rings is 1. The van der Waals surface area contributed by atoms with Crippen molar-refractivity contribution in [1.82, 2.24) is 0 Å². The average Bonchev–Trinajstić information content (AvgIpc) is 2.19. The van der Waals surface area contributed by atoms with Crippen LogP contribution in [0.3, 0.4) is 0 Å². The number of rotatable bonds is 5. The van der Waals surface area contributed by atoms with E-state index in [2.05, 4.69) is 6.58 Å². The third-order valence-electron chi connectivity index (χ3n) is 1.93. The molecule has 0 heterocycles. The van der Waals surface area contributed by atoms with E-state index >= 15 is 0 Å². The smallest absolute Gasteiger partial charge is 0.119 e. The molecule has 0 spiro atoms. The molecule has 1 atom stereocenters. The minimum atomic E-state index is -0.446. The maximum Gasteiger partial charge on any atom is 0.119 e. The quantitative estimate of drug-likeness (QED) is 0.574. The van der Waals surface area contributed by atoms with Crippen molar-refractivity contribution in [3.05, 3.63) is 42.5 Å². The van der Waals surface area contributed by atoms with Gasteiger partial charge >= 0.3 is 0 Å². The summed E-state index contributed by atoms with van der Waals surface area (Å²) >= 11 is 0. The van der Waals surface area contributed by atoms with Crippen molar-refractivity contribution >= 4 is 0 Å². The molecule has 1 aromatic rings. The van der Waals surface area contributed by atoms with E-state index in [0.717, 1.165) is 17.7 Å². The van der Waals surface area contributed by atoms with Crippen LogP contribution >= 0.6 is 0 Å². The maximum absolute atomic E-state index is 9.35. The zero-order valence-electron chi connectivity index (χ0n) is 8.44. The predicted octanol–water partition coefficient (Wildman–Crippen LogP) is 2.69. The first kappa shape index (κ1) is 10.8. The molecule has 0 saturated heterocycles. The summed E-state index contributed by atoms with van der Waals surface area (Å²) in [4.78, 5) is 0. The fraction of sp³-hybridized carbons (Fsp3) is 0.333. The van der Waals surface area contributed by atoms with Gasteiger partial charge in [0.1, 0.15) is 5.75 Å². The van der Waals surface area contributed by atoms with Crippen LogP contribution in [-0.2, 0) is 0 Å². The zero-order valence-corrected chi connectivity index (χ0v) is 8.44. The molecule has 1 rings (SSSR count). The van der Waals surface area contributed by atoms with Gasteiger partial charge in [0.05, 0.1) is 12.7 Å². The summed E-state index contributed by atoms with van der Waals surface area (Å²) in [6.07, 6.45) is 2.20. The van der Waals surface area contributed by atoms with E-state index in [0.29, 0.717) is 6.61 Å². The molecule has 0 unspecified atom stereocenters. The molecule has 0 aliphatic heterocycles. The Morgan fingerprint density at radius 2 is 2.36 bits per heavy atom. The van der Waals surface area contributed by atoms with Gasteiger partial charge in [-0.2, -0.15) is 0 Å². The Kier molecular flexibility index (Phi) is 4.20. The molecule has 76 valence electrons. The van der Waals surface area contributed by atoms with Crippen molar-refractivity contribution in [2.24, 2.45) is 0 Å². The van der Waals surface area contributed by atoms with E-state index in [1.165, 1.54) is 0 Å². The van der Waals surface area contributed by atoms with Crippen LogP contribution in [0.2, 0.25) is 0 Å². The van der Waals surface area contributed by atoms with E-state index in [-0.39, 0.29) is 0 Å². The minimum Gasteiger partial charge on any atom is -0.493 e. The Labute approximate surface area is 84.8 Å². The molecular weight excluding hydrogens is 176 g/mol. The Balaban J connectivity index is 2.59. The van der Waals surface area contributed by atoms with Crippen molar-refractivity contribution in [3.8, 4) is 5.75 Å². The summed E-state index contributed by atoms with van der Waals surface area (Å²) in [6.45, 7) is 5.99. The molecule has 14 heavy (non-hydrogen) atoms. The molecule has 0 bridgehead atoms. The van der Waals surface area contributed by atoms with Gasteiger partial charge in [0.25, 0.3) is 0 Å². The topological polar surface area (TPSA) is 29.5 Å². The molecule has 0 fully saturated rings. The number of aliphatic hydroxyl groups excluding tert-OH is 1. The van der Waals surface area contributed by atoms with E-state index in [1.54, 1.807) is 6.92 Å². The second-order valence-electron chi connectivity index (χ2n) is 3.17. The monoisotopic (exact) mass is 192 g/mol. The molecule has 2 heteroatoms. The van der Waals surface area contributed by atoms with Crippen molar-refractivity contribution in [1.29, 1.82) is 0 Å². The number of hydrogen-bond donors (Lipinski definition) is 1. The lowest BCUT2D eigenvalue weighted by molar-refractivity contribution is 0.198. The first-order valence-electron chi connectivity index (χ1n) is 4.75. The molecule has 0 radical (unpaired) electrons. The fourth-order valence-corrected chi connectivity index (χ4v) is 1.12. The third-order valence-corrected chi connectivity index (χ3v) is 1.93. The van der Waals surface area contributed by atoms with Crippen molar-refractivity contribution in [2.45, 2.75) is 19.4 Å². The van der Waals surface area contributed by atoms with E-state index < -0.39 is 6.10 Å². The number of ether oxygens (including phenoxy) is 1. The largest absolute Gasteiger partial charge is 0.493 e. The first-order valence-corrected chi connectivity index (χ1v) is 4.75. The predicted molar refractivity (Wildman–Crippen MR) is 57.4 cm³/mol. The van der Waals surface area contributed by atoms with Crippen molar-refractivity contribution in [3.63, 3.8) is 0 Å². The van der Waals surface area contributed by atoms with E-state index in [9.17, 15) is 5.11 Å². The molecule has 0 aliphatic rings. The van der Waals surface area contributed by atoms with Crippen LogP contribution in [0.15, 0.2) is 36.9 Å². The van der Waals surface area contributed by atoms with Crippen LogP contribution in [0.1, 0.15) is 25.0 Å². The molecule has 0 saturated carbocycles. The van der Waals surface area contributed by atoms with Crippen molar-refractivity contribution < 1.29 is 9.84 Å². The highest BCUT2D eigenvalue weighted by Gasteiger charge is 2.01. The van der Waals surface area contributed by atoms with Crippen LogP contribution < -0.4 is 4.74 Å². The van der Waals surface area contributed by atoms with Gasteiger partial charge in [-0.15, -0.1) is 6.58 Å². The Morgan fingerprint density at radius 3 is 3.00 bits per heavy atom. The third kappa shape index (κ3) is 3.23. The number of hydrogen-bond acceptors (Lipinski definition) is 2. The molecule has 0 aliphatic carbocycles. The second-order valence-corrected chi connectivity index (χ2v) is 3.17. The van der Waals surface area contributed by atoms with E-state index in [1.807, 2.05) is 30.3 Å². The molecule has 1 aromatic carbocycles. The van der Waals surface area contributed by atoms with Gasteiger partial charge in [0.2, 0.25) is 0 Å². The van der Waals surface area contributed by atoms with Crippen LogP contribution in [0.5, 0.6) is 5.75 Å². The van der Waals surface area contributed by atoms with Gasteiger partial charge in [-0.05, 0) is 31.0 Å². The summed E-state index contributed by atoms with van der Waals surface area (Å²) < 4.78 is 5.45.